The number of carbonyl (C=O) groups excluding carboxylic acids is 1. The fourth-order valence-corrected chi connectivity index (χ4v) is 2.29. The Kier molecular flexibility index (Phi) is 3.03. The van der Waals surface area contributed by atoms with E-state index in [9.17, 15) is 4.79 Å². The molecule has 20 heavy (non-hydrogen) atoms. The lowest BCUT2D eigenvalue weighted by molar-refractivity contribution is -0.117. The molecule has 3 rings (SSSR count). The van der Waals surface area contributed by atoms with E-state index in [2.05, 4.69) is 11.1 Å². The Morgan fingerprint density at radius 3 is 2.80 bits per heavy atom. The summed E-state index contributed by atoms with van der Waals surface area (Å²) in [4.78, 5) is 13.4. The maximum atomic E-state index is 11.9. The third-order valence-corrected chi connectivity index (χ3v) is 3.47. The van der Waals surface area contributed by atoms with Crippen LogP contribution in [0, 0.1) is 25.2 Å². The monoisotopic (exact) mass is 266 g/mol. The fourth-order valence-electron chi connectivity index (χ4n) is 2.29. The number of rotatable bonds is 2. The van der Waals surface area contributed by atoms with Crippen LogP contribution >= 0.6 is 0 Å². The number of terminal acetylenes is 1. The van der Waals surface area contributed by atoms with Crippen LogP contribution in [0.3, 0.4) is 0 Å². The van der Waals surface area contributed by atoms with Gasteiger partial charge in [0.05, 0.1) is 0 Å². The molecule has 0 spiro atoms. The van der Waals surface area contributed by atoms with E-state index in [1.807, 2.05) is 31.2 Å². The fraction of sp³-hybridized carbons (Fsp3) is 0.250. The maximum absolute atomic E-state index is 11.9. The zero-order valence-corrected chi connectivity index (χ0v) is 11.2. The zero-order valence-electron chi connectivity index (χ0n) is 11.2. The van der Waals surface area contributed by atoms with Gasteiger partial charge in [-0.2, -0.15) is 0 Å². The Morgan fingerprint density at radius 2 is 2.15 bits per heavy atom. The molecular weight excluding hydrogens is 252 g/mol. The number of aryl methyl sites for hydroxylation is 1. The summed E-state index contributed by atoms with van der Waals surface area (Å²) in [7, 11) is 0. The molecule has 0 bridgehead atoms. The summed E-state index contributed by atoms with van der Waals surface area (Å²) in [5, 5.41) is 4.03. The van der Waals surface area contributed by atoms with Crippen LogP contribution in [-0.2, 0) is 4.79 Å². The highest BCUT2D eigenvalue weighted by Gasteiger charge is 2.31. The average Bonchev–Trinajstić information content (AvgIpc) is 3.06. The molecule has 1 aliphatic rings. The Labute approximate surface area is 117 Å². The Bertz CT molecular complexity index is 679. The Balaban J connectivity index is 1.86. The molecule has 1 fully saturated rings. The lowest BCUT2D eigenvalue weighted by Crippen LogP contribution is -2.23. The number of amides is 1. The molecule has 100 valence electrons. The number of carbonyl (C=O) groups is 1. The molecule has 1 aromatic heterocycles. The highest BCUT2D eigenvalue weighted by atomic mass is 16.5. The summed E-state index contributed by atoms with van der Waals surface area (Å²) < 4.78 is 5.28. The van der Waals surface area contributed by atoms with Crippen LogP contribution in [0.15, 0.2) is 34.9 Å². The van der Waals surface area contributed by atoms with E-state index in [1.165, 1.54) is 5.56 Å². The van der Waals surface area contributed by atoms with Gasteiger partial charge in [0.2, 0.25) is 11.8 Å². The first-order valence-corrected chi connectivity index (χ1v) is 6.47. The van der Waals surface area contributed by atoms with Gasteiger partial charge in [-0.25, -0.2) is 0 Å². The standard InChI is InChI=1S/C16H14N2O2/c1-3-12-8-15(19)18(10-12)16-9-14(17-20-16)13-6-4-11(2)5-7-13/h1,4-7,9,12H,8,10H2,2H3. The van der Waals surface area contributed by atoms with Crippen molar-refractivity contribution in [2.45, 2.75) is 13.3 Å². The van der Waals surface area contributed by atoms with Crippen LogP contribution in [0.25, 0.3) is 11.3 Å². The van der Waals surface area contributed by atoms with Crippen molar-refractivity contribution in [3.63, 3.8) is 0 Å². The smallest absolute Gasteiger partial charge is 0.234 e. The number of hydrogen-bond acceptors (Lipinski definition) is 3. The second-order valence-corrected chi connectivity index (χ2v) is 4.99. The minimum Gasteiger partial charge on any atom is -0.338 e. The molecule has 2 heterocycles. The van der Waals surface area contributed by atoms with Gasteiger partial charge >= 0.3 is 0 Å². The molecule has 1 aromatic carbocycles. The number of aromatic nitrogens is 1. The zero-order chi connectivity index (χ0) is 14.1. The lowest BCUT2D eigenvalue weighted by atomic mass is 10.1. The molecule has 1 aliphatic heterocycles. The van der Waals surface area contributed by atoms with E-state index in [0.717, 1.165) is 11.3 Å². The van der Waals surface area contributed by atoms with Gasteiger partial charge in [-0.1, -0.05) is 35.0 Å². The first-order chi connectivity index (χ1) is 9.67. The van der Waals surface area contributed by atoms with Gasteiger partial charge in [-0.15, -0.1) is 12.3 Å². The normalized spacial score (nSPS) is 18.3. The Hall–Kier alpha value is -2.54. The maximum Gasteiger partial charge on any atom is 0.234 e. The van der Waals surface area contributed by atoms with Crippen molar-refractivity contribution >= 4 is 11.8 Å². The third kappa shape index (κ3) is 2.19. The summed E-state index contributed by atoms with van der Waals surface area (Å²) in [6.45, 7) is 2.53. The SMILES string of the molecule is C#CC1CC(=O)N(c2cc(-c3ccc(C)cc3)no2)C1. The lowest BCUT2D eigenvalue weighted by Gasteiger charge is -2.09. The molecule has 0 aliphatic carbocycles. The number of anilines is 1. The van der Waals surface area contributed by atoms with Crippen LogP contribution < -0.4 is 4.90 Å². The van der Waals surface area contributed by atoms with E-state index < -0.39 is 0 Å². The highest BCUT2D eigenvalue weighted by molar-refractivity contribution is 5.95. The number of hydrogen-bond donors (Lipinski definition) is 0. The summed E-state index contributed by atoms with van der Waals surface area (Å²) in [6.07, 6.45) is 5.74. The predicted molar refractivity (Wildman–Crippen MR) is 76.0 cm³/mol. The second-order valence-electron chi connectivity index (χ2n) is 4.99. The predicted octanol–water partition coefficient (Wildman–Crippen LogP) is 2.64. The van der Waals surface area contributed by atoms with E-state index in [-0.39, 0.29) is 11.8 Å². The molecule has 1 saturated heterocycles. The van der Waals surface area contributed by atoms with Crippen LogP contribution in [0.2, 0.25) is 0 Å². The van der Waals surface area contributed by atoms with Gasteiger partial charge in [-0.05, 0) is 6.92 Å². The summed E-state index contributed by atoms with van der Waals surface area (Å²) in [5.74, 6) is 3.02. The molecule has 0 saturated carbocycles. The highest BCUT2D eigenvalue weighted by Crippen LogP contribution is 2.28. The largest absolute Gasteiger partial charge is 0.338 e. The van der Waals surface area contributed by atoms with Crippen molar-refractivity contribution in [1.29, 1.82) is 0 Å². The van der Waals surface area contributed by atoms with Gasteiger partial charge in [0.1, 0.15) is 5.69 Å². The van der Waals surface area contributed by atoms with Gasteiger partial charge < -0.3 is 4.52 Å². The number of benzene rings is 1. The summed E-state index contributed by atoms with van der Waals surface area (Å²) in [5.41, 5.74) is 2.87. The van der Waals surface area contributed by atoms with Crippen molar-refractivity contribution in [1.82, 2.24) is 5.16 Å². The molecule has 2 aromatic rings. The van der Waals surface area contributed by atoms with Crippen molar-refractivity contribution in [2.75, 3.05) is 11.4 Å². The molecule has 1 unspecified atom stereocenters. The summed E-state index contributed by atoms with van der Waals surface area (Å²) >= 11 is 0. The molecule has 0 N–H and O–H groups in total. The second kappa shape index (κ2) is 4.86. The van der Waals surface area contributed by atoms with Crippen molar-refractivity contribution in [3.05, 3.63) is 35.9 Å². The van der Waals surface area contributed by atoms with Crippen LogP contribution in [-0.4, -0.2) is 17.6 Å². The van der Waals surface area contributed by atoms with Gasteiger partial charge in [0.15, 0.2) is 0 Å². The quantitative estimate of drug-likeness (QED) is 0.785. The van der Waals surface area contributed by atoms with E-state index in [0.29, 0.717) is 18.8 Å². The minimum absolute atomic E-state index is 0.0143. The first kappa shape index (κ1) is 12.5. The third-order valence-electron chi connectivity index (χ3n) is 3.47. The Morgan fingerprint density at radius 1 is 1.40 bits per heavy atom. The van der Waals surface area contributed by atoms with Crippen LogP contribution in [0.1, 0.15) is 12.0 Å². The van der Waals surface area contributed by atoms with Crippen molar-refractivity contribution < 1.29 is 9.32 Å². The topological polar surface area (TPSA) is 46.3 Å². The van der Waals surface area contributed by atoms with Crippen LogP contribution in [0.5, 0.6) is 0 Å². The molecule has 0 radical (unpaired) electrons. The van der Waals surface area contributed by atoms with Crippen molar-refractivity contribution in [2.24, 2.45) is 5.92 Å². The minimum atomic E-state index is -0.0459. The average molecular weight is 266 g/mol. The molecule has 1 atom stereocenters. The molecule has 4 nitrogen and oxygen atoms in total. The summed E-state index contributed by atoms with van der Waals surface area (Å²) in [6, 6.07) is 9.76. The van der Waals surface area contributed by atoms with Crippen LogP contribution in [0.4, 0.5) is 5.88 Å². The molecule has 1 amide bonds. The molecule has 4 heteroatoms. The van der Waals surface area contributed by atoms with E-state index in [1.54, 1.807) is 11.0 Å². The van der Waals surface area contributed by atoms with Gasteiger partial charge in [0, 0.05) is 30.5 Å². The first-order valence-electron chi connectivity index (χ1n) is 6.47. The number of nitrogens with zero attached hydrogens (tertiary/aromatic N) is 2. The molecular formula is C16H14N2O2. The van der Waals surface area contributed by atoms with E-state index >= 15 is 0 Å². The van der Waals surface area contributed by atoms with E-state index in [4.69, 9.17) is 10.9 Å². The van der Waals surface area contributed by atoms with Gasteiger partial charge in [-0.3, -0.25) is 9.69 Å². The van der Waals surface area contributed by atoms with Gasteiger partial charge in [0.25, 0.3) is 0 Å². The van der Waals surface area contributed by atoms with Crippen molar-refractivity contribution in [3.8, 4) is 23.6 Å².